The summed E-state index contributed by atoms with van der Waals surface area (Å²) in [6.07, 6.45) is 8.38. The summed E-state index contributed by atoms with van der Waals surface area (Å²) in [7, 11) is 0. The molecule has 1 fully saturated rings. The minimum atomic E-state index is 0.753. The van der Waals surface area contributed by atoms with Gasteiger partial charge in [-0.05, 0) is 63.7 Å². The first-order chi connectivity index (χ1) is 9.21. The first-order valence-electron chi connectivity index (χ1n) is 8.66. The molecular formula is C17H36N2. The van der Waals surface area contributed by atoms with Crippen LogP contribution in [0, 0.1) is 11.8 Å². The average Bonchev–Trinajstić information content (AvgIpc) is 2.43. The monoisotopic (exact) mass is 268 g/mol. The molecule has 2 heteroatoms. The second kappa shape index (κ2) is 9.77. The van der Waals surface area contributed by atoms with Crippen LogP contribution in [0.3, 0.4) is 0 Å². The third-order valence-electron chi connectivity index (χ3n) is 4.85. The van der Waals surface area contributed by atoms with E-state index in [1.165, 1.54) is 64.7 Å². The summed E-state index contributed by atoms with van der Waals surface area (Å²) >= 11 is 0. The number of nitrogens with one attached hydrogen (secondary N) is 1. The van der Waals surface area contributed by atoms with E-state index in [2.05, 4.69) is 37.9 Å². The van der Waals surface area contributed by atoms with Crippen molar-refractivity contribution in [1.29, 1.82) is 0 Å². The van der Waals surface area contributed by atoms with Gasteiger partial charge >= 0.3 is 0 Å². The molecule has 0 bridgehead atoms. The highest BCUT2D eigenvalue weighted by Crippen LogP contribution is 2.31. The van der Waals surface area contributed by atoms with Gasteiger partial charge in [0, 0.05) is 6.04 Å². The molecule has 0 amide bonds. The van der Waals surface area contributed by atoms with Gasteiger partial charge in [0.2, 0.25) is 0 Å². The Morgan fingerprint density at radius 1 is 1.16 bits per heavy atom. The fourth-order valence-corrected chi connectivity index (χ4v) is 3.54. The molecule has 3 unspecified atom stereocenters. The van der Waals surface area contributed by atoms with Crippen LogP contribution in [0.4, 0.5) is 0 Å². The van der Waals surface area contributed by atoms with E-state index >= 15 is 0 Å². The number of hydrogen-bond donors (Lipinski definition) is 1. The highest BCUT2D eigenvalue weighted by molar-refractivity contribution is 4.82. The van der Waals surface area contributed by atoms with Crippen LogP contribution in [0.2, 0.25) is 0 Å². The van der Waals surface area contributed by atoms with E-state index in [0.29, 0.717) is 0 Å². The highest BCUT2D eigenvalue weighted by Gasteiger charge is 2.26. The summed E-state index contributed by atoms with van der Waals surface area (Å²) in [6.45, 7) is 14.1. The predicted molar refractivity (Wildman–Crippen MR) is 85.6 cm³/mol. The zero-order valence-corrected chi connectivity index (χ0v) is 13.8. The molecule has 19 heavy (non-hydrogen) atoms. The maximum atomic E-state index is 3.84. The third-order valence-corrected chi connectivity index (χ3v) is 4.85. The van der Waals surface area contributed by atoms with Gasteiger partial charge in [-0.1, -0.05) is 40.5 Å². The molecule has 1 saturated carbocycles. The molecule has 0 saturated heterocycles. The lowest BCUT2D eigenvalue weighted by Crippen LogP contribution is -2.41. The van der Waals surface area contributed by atoms with E-state index < -0.39 is 0 Å². The first-order valence-corrected chi connectivity index (χ1v) is 8.66. The number of nitrogens with zero attached hydrogens (tertiary/aromatic N) is 1. The lowest BCUT2D eigenvalue weighted by atomic mass is 9.77. The predicted octanol–water partition coefficient (Wildman–Crippen LogP) is 3.91. The Kier molecular flexibility index (Phi) is 8.72. The van der Waals surface area contributed by atoms with E-state index in [1.807, 2.05) is 0 Å². The fourth-order valence-electron chi connectivity index (χ4n) is 3.54. The summed E-state index contributed by atoms with van der Waals surface area (Å²) in [6, 6.07) is 0.753. The van der Waals surface area contributed by atoms with Crippen molar-refractivity contribution in [2.45, 2.75) is 72.3 Å². The van der Waals surface area contributed by atoms with Crippen LogP contribution in [0.15, 0.2) is 0 Å². The molecule has 0 aromatic heterocycles. The van der Waals surface area contributed by atoms with Crippen molar-refractivity contribution in [2.75, 3.05) is 26.2 Å². The van der Waals surface area contributed by atoms with Crippen LogP contribution in [-0.2, 0) is 0 Å². The molecule has 0 spiro atoms. The quantitative estimate of drug-likeness (QED) is 0.682. The van der Waals surface area contributed by atoms with E-state index in [1.54, 1.807) is 0 Å². The lowest BCUT2D eigenvalue weighted by Gasteiger charge is -2.35. The van der Waals surface area contributed by atoms with Gasteiger partial charge < -0.3 is 10.2 Å². The Bertz CT molecular complexity index is 213. The van der Waals surface area contributed by atoms with Crippen molar-refractivity contribution in [3.05, 3.63) is 0 Å². The minimum Gasteiger partial charge on any atom is -0.314 e. The van der Waals surface area contributed by atoms with Gasteiger partial charge in [0.15, 0.2) is 0 Å². The standard InChI is InChI=1S/C17H36N2/c1-5-12-18-17(11-13-19(6-2)7-3)16-10-8-9-15(4)14-16/h15-18H,5-14H2,1-4H3. The van der Waals surface area contributed by atoms with Gasteiger partial charge in [-0.15, -0.1) is 0 Å². The van der Waals surface area contributed by atoms with Gasteiger partial charge in [0.25, 0.3) is 0 Å². The molecule has 2 nitrogen and oxygen atoms in total. The summed E-state index contributed by atoms with van der Waals surface area (Å²) in [5.74, 6) is 1.86. The summed E-state index contributed by atoms with van der Waals surface area (Å²) in [5.41, 5.74) is 0. The third kappa shape index (κ3) is 6.27. The number of rotatable bonds is 9. The molecule has 0 aromatic rings. The maximum absolute atomic E-state index is 3.84. The van der Waals surface area contributed by atoms with Crippen molar-refractivity contribution in [1.82, 2.24) is 10.2 Å². The fraction of sp³-hybridized carbons (Fsp3) is 1.00. The Labute approximate surface area is 121 Å². The minimum absolute atomic E-state index is 0.753. The average molecular weight is 268 g/mol. The Morgan fingerprint density at radius 3 is 2.47 bits per heavy atom. The van der Waals surface area contributed by atoms with Gasteiger partial charge in [0.1, 0.15) is 0 Å². The van der Waals surface area contributed by atoms with Crippen LogP contribution < -0.4 is 5.32 Å². The van der Waals surface area contributed by atoms with Crippen LogP contribution >= 0.6 is 0 Å². The van der Waals surface area contributed by atoms with Crippen molar-refractivity contribution < 1.29 is 0 Å². The van der Waals surface area contributed by atoms with Crippen LogP contribution in [0.1, 0.15) is 66.2 Å². The molecule has 1 rings (SSSR count). The second-order valence-electron chi connectivity index (χ2n) is 6.41. The Balaban J connectivity index is 2.45. The normalized spacial score (nSPS) is 25.7. The molecule has 1 aliphatic carbocycles. The zero-order chi connectivity index (χ0) is 14.1. The summed E-state index contributed by atoms with van der Waals surface area (Å²) < 4.78 is 0. The molecule has 3 atom stereocenters. The van der Waals surface area contributed by atoms with E-state index in [9.17, 15) is 0 Å². The highest BCUT2D eigenvalue weighted by atomic mass is 15.1. The zero-order valence-electron chi connectivity index (χ0n) is 13.8. The van der Waals surface area contributed by atoms with Crippen molar-refractivity contribution in [3.63, 3.8) is 0 Å². The van der Waals surface area contributed by atoms with Crippen molar-refractivity contribution >= 4 is 0 Å². The molecule has 1 aliphatic rings. The SMILES string of the molecule is CCCNC(CCN(CC)CC)C1CCCC(C)C1. The van der Waals surface area contributed by atoms with Crippen molar-refractivity contribution in [3.8, 4) is 0 Å². The molecular weight excluding hydrogens is 232 g/mol. The summed E-state index contributed by atoms with van der Waals surface area (Å²) in [4.78, 5) is 2.56. The van der Waals surface area contributed by atoms with Crippen LogP contribution in [0.5, 0.6) is 0 Å². The van der Waals surface area contributed by atoms with Gasteiger partial charge in [0.05, 0.1) is 0 Å². The smallest absolute Gasteiger partial charge is 0.0108 e. The number of hydrogen-bond acceptors (Lipinski definition) is 2. The second-order valence-corrected chi connectivity index (χ2v) is 6.41. The molecule has 0 aromatic carbocycles. The molecule has 114 valence electrons. The Morgan fingerprint density at radius 2 is 1.89 bits per heavy atom. The molecule has 0 radical (unpaired) electrons. The van der Waals surface area contributed by atoms with Gasteiger partial charge in [-0.25, -0.2) is 0 Å². The topological polar surface area (TPSA) is 15.3 Å². The van der Waals surface area contributed by atoms with Gasteiger partial charge in [-0.2, -0.15) is 0 Å². The lowest BCUT2D eigenvalue weighted by molar-refractivity contribution is 0.194. The summed E-state index contributed by atoms with van der Waals surface area (Å²) in [5, 5.41) is 3.84. The van der Waals surface area contributed by atoms with Crippen LogP contribution in [-0.4, -0.2) is 37.1 Å². The maximum Gasteiger partial charge on any atom is 0.0108 e. The molecule has 1 N–H and O–H groups in total. The van der Waals surface area contributed by atoms with Crippen LogP contribution in [0.25, 0.3) is 0 Å². The van der Waals surface area contributed by atoms with E-state index in [4.69, 9.17) is 0 Å². The molecule has 0 aliphatic heterocycles. The van der Waals surface area contributed by atoms with E-state index in [-0.39, 0.29) is 0 Å². The largest absolute Gasteiger partial charge is 0.314 e. The van der Waals surface area contributed by atoms with Gasteiger partial charge in [-0.3, -0.25) is 0 Å². The van der Waals surface area contributed by atoms with Crippen molar-refractivity contribution in [2.24, 2.45) is 11.8 Å². The molecule has 0 heterocycles. The Hall–Kier alpha value is -0.0800. The van der Waals surface area contributed by atoms with E-state index in [0.717, 1.165) is 17.9 Å². The first kappa shape index (κ1) is 17.0.